The van der Waals surface area contributed by atoms with Crippen molar-refractivity contribution < 1.29 is 42.0 Å². The first-order valence-electron chi connectivity index (χ1n) is 21.3. The fourth-order valence-corrected chi connectivity index (χ4v) is 9.57. The van der Waals surface area contributed by atoms with Gasteiger partial charge in [0.05, 0.1) is 36.8 Å². The van der Waals surface area contributed by atoms with E-state index in [2.05, 4.69) is 5.32 Å². The average molecular weight is 861 g/mol. The van der Waals surface area contributed by atoms with Crippen LogP contribution in [0.1, 0.15) is 55.0 Å². The number of ether oxygens (including phenoxy) is 5. The minimum atomic E-state index is -4.05. The lowest BCUT2D eigenvalue weighted by Gasteiger charge is -2.52. The highest BCUT2D eigenvalue weighted by atomic mass is 32.2. The second kappa shape index (κ2) is 21.8. The molecule has 0 radical (unpaired) electrons. The van der Waals surface area contributed by atoms with E-state index in [1.165, 1.54) is 10.9 Å². The van der Waals surface area contributed by atoms with Gasteiger partial charge in [0.15, 0.2) is 6.29 Å². The van der Waals surface area contributed by atoms with Crippen LogP contribution in [0.25, 0.3) is 10.9 Å². The third-order valence-corrected chi connectivity index (χ3v) is 13.0. The summed E-state index contributed by atoms with van der Waals surface area (Å²) in [7, 11) is -4.05. The number of fused-ring (bicyclic) bond motifs is 1. The SMILES string of the molecule is CC(=O)NCCCCCOC[C@H]1O[C@@H](O)[C@](CCc2cc3ccccc3n2S(=O)(=O)c2ccccc2)(OCc2ccccc2)[C@@H](OCc2ccccc2)[C@@H]1OCc1ccccc1. The number of amides is 1. The van der Waals surface area contributed by atoms with Crippen molar-refractivity contribution in [1.82, 2.24) is 9.29 Å². The smallest absolute Gasteiger partial charge is 0.268 e. The molecule has 7 rings (SSSR count). The Morgan fingerprint density at radius 3 is 1.97 bits per heavy atom. The number of carbonyl (C=O) groups is 1. The van der Waals surface area contributed by atoms with Gasteiger partial charge in [-0.15, -0.1) is 0 Å². The highest BCUT2D eigenvalue weighted by Crippen LogP contribution is 2.41. The molecule has 0 aliphatic carbocycles. The minimum absolute atomic E-state index is 0.0525. The van der Waals surface area contributed by atoms with E-state index in [-0.39, 0.29) is 50.1 Å². The van der Waals surface area contributed by atoms with Crippen LogP contribution < -0.4 is 5.32 Å². The summed E-state index contributed by atoms with van der Waals surface area (Å²) in [6, 6.07) is 46.9. The van der Waals surface area contributed by atoms with Crippen molar-refractivity contribution in [3.8, 4) is 0 Å². The molecule has 0 bridgehead atoms. The third-order valence-electron chi connectivity index (χ3n) is 11.2. The Morgan fingerprint density at radius 2 is 1.32 bits per heavy atom. The number of nitrogens with one attached hydrogen (secondary N) is 1. The molecule has 11 nitrogen and oxygen atoms in total. The summed E-state index contributed by atoms with van der Waals surface area (Å²) in [6.07, 6.45) is -1.36. The normalized spacial score (nSPS) is 20.3. The predicted molar refractivity (Wildman–Crippen MR) is 238 cm³/mol. The molecule has 2 N–H and O–H groups in total. The van der Waals surface area contributed by atoms with Crippen LogP contribution in [0.2, 0.25) is 0 Å². The summed E-state index contributed by atoms with van der Waals surface area (Å²) >= 11 is 0. The van der Waals surface area contributed by atoms with Crippen LogP contribution in [0.15, 0.2) is 157 Å². The molecule has 0 saturated carbocycles. The van der Waals surface area contributed by atoms with Gasteiger partial charge in [0, 0.05) is 31.2 Å². The zero-order chi connectivity index (χ0) is 43.2. The van der Waals surface area contributed by atoms with E-state index in [9.17, 15) is 18.3 Å². The summed E-state index contributed by atoms with van der Waals surface area (Å²) in [5.74, 6) is -0.0525. The monoisotopic (exact) mass is 860 g/mol. The van der Waals surface area contributed by atoms with E-state index in [0.717, 1.165) is 41.3 Å². The first kappa shape index (κ1) is 44.9. The van der Waals surface area contributed by atoms with Crippen molar-refractivity contribution >= 4 is 26.8 Å². The van der Waals surface area contributed by atoms with Gasteiger partial charge in [-0.25, -0.2) is 12.4 Å². The fourth-order valence-electron chi connectivity index (χ4n) is 7.98. The van der Waals surface area contributed by atoms with Gasteiger partial charge < -0.3 is 34.1 Å². The second-order valence-electron chi connectivity index (χ2n) is 15.6. The standard InChI is InChI=1S/C50H56N2O9S/c1-38(53)51-31-17-6-18-32-57-37-46-47(58-34-39-19-7-2-8-20-39)48(59-35-40-21-9-3-10-22-40)50(49(54)61-46,60-36-41-23-11-4-12-24-41)30-29-43-33-42-25-15-16-28-45(42)52(43)62(55,56)44-26-13-5-14-27-44/h2-5,7-16,19-28,33,46-49,54H,6,17-18,29-32,34-37H2,1H3,(H,51,53)/t46-,47-,48+,49-,50-/m1/s1. The van der Waals surface area contributed by atoms with Crippen LogP contribution in [0.3, 0.4) is 0 Å². The summed E-state index contributed by atoms with van der Waals surface area (Å²) < 4.78 is 64.0. The molecule has 5 aromatic carbocycles. The number of benzene rings is 5. The van der Waals surface area contributed by atoms with Crippen molar-refractivity contribution in [3.05, 3.63) is 174 Å². The van der Waals surface area contributed by atoms with Crippen LogP contribution in [0, 0.1) is 0 Å². The van der Waals surface area contributed by atoms with Gasteiger partial charge in [-0.3, -0.25) is 4.79 Å². The number of aliphatic hydroxyl groups excluding tert-OH is 1. The third kappa shape index (κ3) is 11.2. The number of aryl methyl sites for hydroxylation is 1. The van der Waals surface area contributed by atoms with Crippen LogP contribution in [0.4, 0.5) is 0 Å². The number of aliphatic hydroxyl groups is 1. The van der Waals surface area contributed by atoms with Gasteiger partial charge >= 0.3 is 0 Å². The number of unbranched alkanes of at least 4 members (excludes halogenated alkanes) is 2. The van der Waals surface area contributed by atoms with Crippen molar-refractivity contribution in [1.29, 1.82) is 0 Å². The maximum atomic E-state index is 14.5. The van der Waals surface area contributed by atoms with E-state index in [4.69, 9.17) is 23.7 Å². The lowest BCUT2D eigenvalue weighted by atomic mass is 9.81. The number of para-hydroxylation sites is 1. The molecule has 62 heavy (non-hydrogen) atoms. The van der Waals surface area contributed by atoms with Crippen molar-refractivity contribution in [3.63, 3.8) is 0 Å². The molecule has 0 spiro atoms. The lowest BCUT2D eigenvalue weighted by molar-refractivity contribution is -0.360. The molecule has 12 heteroatoms. The predicted octanol–water partition coefficient (Wildman–Crippen LogP) is 7.98. The molecule has 1 fully saturated rings. The number of hydrogen-bond donors (Lipinski definition) is 2. The van der Waals surface area contributed by atoms with E-state index in [0.29, 0.717) is 24.4 Å². The molecule has 6 aromatic rings. The molecule has 1 saturated heterocycles. The Kier molecular flexibility index (Phi) is 15.7. The number of rotatable bonds is 22. The molecule has 1 aliphatic heterocycles. The Balaban J connectivity index is 1.26. The number of hydrogen-bond acceptors (Lipinski definition) is 9. The van der Waals surface area contributed by atoms with E-state index >= 15 is 0 Å². The van der Waals surface area contributed by atoms with Crippen LogP contribution in [-0.4, -0.2) is 73.4 Å². The van der Waals surface area contributed by atoms with Crippen LogP contribution in [-0.2, 0) is 64.7 Å². The summed E-state index contributed by atoms with van der Waals surface area (Å²) in [6.45, 7) is 3.14. The zero-order valence-electron chi connectivity index (χ0n) is 35.1. The molecular weight excluding hydrogens is 805 g/mol. The van der Waals surface area contributed by atoms with E-state index in [1.54, 1.807) is 36.4 Å². The zero-order valence-corrected chi connectivity index (χ0v) is 35.9. The molecule has 0 unspecified atom stereocenters. The molecule has 1 aromatic heterocycles. The molecule has 5 atom stereocenters. The quantitative estimate of drug-likeness (QED) is 0.0652. The van der Waals surface area contributed by atoms with Crippen molar-refractivity contribution in [2.45, 2.75) is 93.9 Å². The topological polar surface area (TPSA) is 135 Å². The molecular formula is C50H56N2O9S. The maximum Gasteiger partial charge on any atom is 0.268 e. The molecule has 2 heterocycles. The summed E-state index contributed by atoms with van der Waals surface area (Å²) in [5, 5.41) is 16.1. The lowest BCUT2D eigenvalue weighted by Crippen LogP contribution is -2.69. The first-order chi connectivity index (χ1) is 30.2. The number of aromatic nitrogens is 1. The maximum absolute atomic E-state index is 14.5. The fraction of sp³-hybridized carbons (Fsp3) is 0.340. The highest BCUT2D eigenvalue weighted by Gasteiger charge is 2.58. The van der Waals surface area contributed by atoms with Crippen molar-refractivity contribution in [2.75, 3.05) is 19.8 Å². The largest absolute Gasteiger partial charge is 0.379 e. The van der Waals surface area contributed by atoms with E-state index in [1.807, 2.05) is 115 Å². The highest BCUT2D eigenvalue weighted by molar-refractivity contribution is 7.90. The summed E-state index contributed by atoms with van der Waals surface area (Å²) in [4.78, 5) is 11.5. The minimum Gasteiger partial charge on any atom is -0.379 e. The van der Waals surface area contributed by atoms with Crippen LogP contribution >= 0.6 is 0 Å². The average Bonchev–Trinajstić information content (AvgIpc) is 3.69. The second-order valence-corrected chi connectivity index (χ2v) is 17.4. The van der Waals surface area contributed by atoms with Gasteiger partial charge in [-0.05, 0) is 73.1 Å². The van der Waals surface area contributed by atoms with Gasteiger partial charge in [0.1, 0.15) is 23.9 Å². The summed E-state index contributed by atoms with van der Waals surface area (Å²) in [5.41, 5.74) is 2.19. The first-order valence-corrected chi connectivity index (χ1v) is 22.7. The van der Waals surface area contributed by atoms with Gasteiger partial charge in [-0.2, -0.15) is 0 Å². The van der Waals surface area contributed by atoms with Crippen molar-refractivity contribution in [2.24, 2.45) is 0 Å². The Morgan fingerprint density at radius 1 is 0.742 bits per heavy atom. The van der Waals surface area contributed by atoms with Gasteiger partial charge in [0.2, 0.25) is 5.91 Å². The number of carbonyl (C=O) groups excluding carboxylic acids is 1. The van der Waals surface area contributed by atoms with Gasteiger partial charge in [0.25, 0.3) is 10.0 Å². The number of nitrogens with zero attached hydrogens (tertiary/aromatic N) is 1. The van der Waals surface area contributed by atoms with Crippen LogP contribution in [0.5, 0.6) is 0 Å². The molecule has 1 aliphatic rings. The van der Waals surface area contributed by atoms with Gasteiger partial charge in [-0.1, -0.05) is 127 Å². The molecule has 326 valence electrons. The van der Waals surface area contributed by atoms with E-state index < -0.39 is 40.2 Å². The molecule has 1 amide bonds. The Labute approximate surface area is 364 Å². The Hall–Kier alpha value is -5.18. The Bertz CT molecular complexity index is 2400.